The summed E-state index contributed by atoms with van der Waals surface area (Å²) in [5.41, 5.74) is 5.17. The van der Waals surface area contributed by atoms with Crippen molar-refractivity contribution in [2.45, 2.75) is 25.7 Å². The molecule has 25 heavy (non-hydrogen) atoms. The number of hydrogen-bond donors (Lipinski definition) is 2. The quantitative estimate of drug-likeness (QED) is 0.551. The lowest BCUT2D eigenvalue weighted by Gasteiger charge is -2.11. The molecule has 0 saturated carbocycles. The molecule has 2 aromatic heterocycles. The fourth-order valence-corrected chi connectivity index (χ4v) is 4.36. The second kappa shape index (κ2) is 6.68. The first-order chi connectivity index (χ1) is 12.3. The Kier molecular flexibility index (Phi) is 4.23. The van der Waals surface area contributed by atoms with Gasteiger partial charge >= 0.3 is 0 Å². The summed E-state index contributed by atoms with van der Waals surface area (Å²) in [6.45, 7) is 0. The highest BCUT2D eigenvalue weighted by atomic mass is 32.1. The Morgan fingerprint density at radius 2 is 2.16 bits per heavy atom. The summed E-state index contributed by atoms with van der Waals surface area (Å²) < 4.78 is 5.04. The first kappa shape index (κ1) is 15.8. The van der Waals surface area contributed by atoms with Crippen molar-refractivity contribution in [3.05, 3.63) is 40.5 Å². The number of aromatic nitrogens is 2. The van der Waals surface area contributed by atoms with Gasteiger partial charge < -0.3 is 9.84 Å². The zero-order chi connectivity index (χ0) is 17.2. The van der Waals surface area contributed by atoms with Crippen LogP contribution in [-0.2, 0) is 12.8 Å². The Balaban J connectivity index is 1.61. The number of rotatable bonds is 4. The number of anilines is 1. The number of phenols is 1. The molecule has 0 aliphatic heterocycles. The number of aryl methyl sites for hydroxylation is 2. The minimum Gasteiger partial charge on any atom is -0.504 e. The molecular formula is C18H18N4O2S. The highest BCUT2D eigenvalue weighted by molar-refractivity contribution is 7.19. The van der Waals surface area contributed by atoms with Crippen LogP contribution < -0.4 is 10.2 Å². The van der Waals surface area contributed by atoms with E-state index in [0.717, 1.165) is 34.4 Å². The van der Waals surface area contributed by atoms with Crippen molar-refractivity contribution in [3.63, 3.8) is 0 Å². The van der Waals surface area contributed by atoms with E-state index in [1.807, 2.05) is 6.07 Å². The smallest absolute Gasteiger partial charge is 0.160 e. The summed E-state index contributed by atoms with van der Waals surface area (Å²) in [7, 11) is 1.52. The standard InChI is InChI=1S/C18H18N4O2S/c1-24-14-7-6-11(8-13(14)23)9-21-22-17-16-12-4-2-3-5-15(12)25-18(16)20-10-19-17/h6-10,23H,2-5H2,1H3,(H,19,20,22). The minimum absolute atomic E-state index is 0.0859. The van der Waals surface area contributed by atoms with Crippen molar-refractivity contribution < 1.29 is 9.84 Å². The molecule has 1 aliphatic carbocycles. The fourth-order valence-electron chi connectivity index (χ4n) is 3.13. The highest BCUT2D eigenvalue weighted by Crippen LogP contribution is 2.38. The maximum Gasteiger partial charge on any atom is 0.160 e. The van der Waals surface area contributed by atoms with Gasteiger partial charge in [0.25, 0.3) is 0 Å². The average molecular weight is 354 g/mol. The normalized spacial score (nSPS) is 14.0. The molecule has 6 nitrogen and oxygen atoms in total. The van der Waals surface area contributed by atoms with Crippen LogP contribution in [0.25, 0.3) is 10.2 Å². The van der Waals surface area contributed by atoms with Gasteiger partial charge in [-0.15, -0.1) is 11.3 Å². The number of nitrogens with one attached hydrogen (secondary N) is 1. The summed E-state index contributed by atoms with van der Waals surface area (Å²) in [4.78, 5) is 11.2. The summed E-state index contributed by atoms with van der Waals surface area (Å²) in [6.07, 6.45) is 7.88. The number of fused-ring (bicyclic) bond motifs is 3. The molecule has 0 atom stereocenters. The molecule has 0 bridgehead atoms. The topological polar surface area (TPSA) is 79.6 Å². The Hall–Kier alpha value is -2.67. The molecule has 4 rings (SSSR count). The van der Waals surface area contributed by atoms with Gasteiger partial charge in [-0.1, -0.05) is 0 Å². The lowest BCUT2D eigenvalue weighted by Crippen LogP contribution is -2.00. The van der Waals surface area contributed by atoms with Crippen LogP contribution in [0.2, 0.25) is 0 Å². The number of ether oxygens (including phenoxy) is 1. The molecule has 0 amide bonds. The fraction of sp³-hybridized carbons (Fsp3) is 0.278. The molecule has 7 heteroatoms. The van der Waals surface area contributed by atoms with Crippen molar-refractivity contribution in [2.75, 3.05) is 12.5 Å². The van der Waals surface area contributed by atoms with Crippen LogP contribution in [0.5, 0.6) is 11.5 Å². The van der Waals surface area contributed by atoms with E-state index in [-0.39, 0.29) is 5.75 Å². The van der Waals surface area contributed by atoms with Crippen molar-refractivity contribution in [1.82, 2.24) is 9.97 Å². The minimum atomic E-state index is 0.0859. The predicted octanol–water partition coefficient (Wildman–Crippen LogP) is 3.73. The van der Waals surface area contributed by atoms with Gasteiger partial charge in [0.2, 0.25) is 0 Å². The number of methoxy groups -OCH3 is 1. The summed E-state index contributed by atoms with van der Waals surface area (Å²) in [5, 5.41) is 15.2. The molecule has 1 aliphatic rings. The number of phenolic OH excluding ortho intramolecular Hbond substituents is 1. The summed E-state index contributed by atoms with van der Waals surface area (Å²) in [6, 6.07) is 5.13. The molecule has 1 aromatic carbocycles. The van der Waals surface area contributed by atoms with Gasteiger partial charge in [-0.25, -0.2) is 9.97 Å². The second-order valence-corrected chi connectivity index (χ2v) is 7.00. The van der Waals surface area contributed by atoms with Crippen LogP contribution in [0.15, 0.2) is 29.6 Å². The van der Waals surface area contributed by atoms with Gasteiger partial charge in [0.15, 0.2) is 17.3 Å². The summed E-state index contributed by atoms with van der Waals surface area (Å²) >= 11 is 1.76. The molecule has 0 spiro atoms. The maximum atomic E-state index is 9.83. The van der Waals surface area contributed by atoms with Crippen LogP contribution in [0, 0.1) is 0 Å². The van der Waals surface area contributed by atoms with E-state index in [9.17, 15) is 5.11 Å². The molecule has 0 fully saturated rings. The predicted molar refractivity (Wildman–Crippen MR) is 99.9 cm³/mol. The van der Waals surface area contributed by atoms with E-state index in [2.05, 4.69) is 20.5 Å². The zero-order valence-corrected chi connectivity index (χ0v) is 14.6. The van der Waals surface area contributed by atoms with E-state index in [1.54, 1.807) is 36.0 Å². The largest absolute Gasteiger partial charge is 0.504 e. The number of benzene rings is 1. The van der Waals surface area contributed by atoms with Crippen LogP contribution in [-0.4, -0.2) is 28.4 Å². The molecule has 128 valence electrons. The number of hydrogen-bond acceptors (Lipinski definition) is 7. The van der Waals surface area contributed by atoms with Crippen molar-refractivity contribution in [2.24, 2.45) is 5.10 Å². The SMILES string of the molecule is COc1ccc(C=NNc2ncnc3sc4c(c23)CCCC4)cc1O. The van der Waals surface area contributed by atoms with Crippen LogP contribution in [0.4, 0.5) is 5.82 Å². The van der Waals surface area contributed by atoms with E-state index < -0.39 is 0 Å². The molecule has 0 unspecified atom stereocenters. The Bertz CT molecular complexity index is 952. The number of aromatic hydroxyl groups is 1. The van der Waals surface area contributed by atoms with Crippen molar-refractivity contribution in [1.29, 1.82) is 0 Å². The molecular weight excluding hydrogens is 336 g/mol. The van der Waals surface area contributed by atoms with Crippen LogP contribution in [0.1, 0.15) is 28.8 Å². The first-order valence-electron chi connectivity index (χ1n) is 8.17. The van der Waals surface area contributed by atoms with Gasteiger partial charge in [-0.05, 0) is 55.0 Å². The lowest BCUT2D eigenvalue weighted by molar-refractivity contribution is 0.373. The molecule has 0 saturated heterocycles. The van der Waals surface area contributed by atoms with Gasteiger partial charge in [0.1, 0.15) is 11.2 Å². The van der Waals surface area contributed by atoms with E-state index in [1.165, 1.54) is 30.4 Å². The van der Waals surface area contributed by atoms with E-state index in [4.69, 9.17) is 4.74 Å². The van der Waals surface area contributed by atoms with Crippen LogP contribution in [0.3, 0.4) is 0 Å². The number of nitrogens with zero attached hydrogens (tertiary/aromatic N) is 3. The number of thiophene rings is 1. The third-order valence-electron chi connectivity index (χ3n) is 4.34. The van der Waals surface area contributed by atoms with Crippen molar-refractivity contribution >= 4 is 33.6 Å². The third kappa shape index (κ3) is 3.02. The average Bonchev–Trinajstić information content (AvgIpc) is 3.01. The third-order valence-corrected chi connectivity index (χ3v) is 5.54. The molecule has 3 aromatic rings. The van der Waals surface area contributed by atoms with Gasteiger partial charge in [0.05, 0.1) is 18.7 Å². The maximum absolute atomic E-state index is 9.83. The van der Waals surface area contributed by atoms with Crippen LogP contribution >= 0.6 is 11.3 Å². The molecule has 2 heterocycles. The van der Waals surface area contributed by atoms with E-state index >= 15 is 0 Å². The Labute approximate surface area is 149 Å². The van der Waals surface area contributed by atoms with Gasteiger partial charge in [-0.2, -0.15) is 5.10 Å². The Morgan fingerprint density at radius 3 is 3.00 bits per heavy atom. The summed E-state index contributed by atoms with van der Waals surface area (Å²) in [5.74, 6) is 1.26. The van der Waals surface area contributed by atoms with Crippen molar-refractivity contribution in [3.8, 4) is 11.5 Å². The van der Waals surface area contributed by atoms with E-state index in [0.29, 0.717) is 5.75 Å². The monoisotopic (exact) mass is 354 g/mol. The highest BCUT2D eigenvalue weighted by Gasteiger charge is 2.19. The molecule has 2 N–H and O–H groups in total. The second-order valence-electron chi connectivity index (χ2n) is 5.91. The zero-order valence-electron chi connectivity index (χ0n) is 13.8. The molecule has 0 radical (unpaired) electrons. The Morgan fingerprint density at radius 1 is 1.28 bits per heavy atom. The first-order valence-corrected chi connectivity index (χ1v) is 8.99. The number of hydrazone groups is 1. The van der Waals surface area contributed by atoms with Gasteiger partial charge in [-0.3, -0.25) is 5.43 Å². The lowest BCUT2D eigenvalue weighted by atomic mass is 9.97. The van der Waals surface area contributed by atoms with Gasteiger partial charge in [0, 0.05) is 4.88 Å².